The number of carbonyl (C=O) groups is 1. The molecule has 0 atom stereocenters. The molecular weight excluding hydrogens is 238 g/mol. The van der Waals surface area contributed by atoms with Crippen molar-refractivity contribution in [2.75, 3.05) is 5.32 Å². The number of aromatic nitrogens is 2. The minimum atomic E-state index is -0.143. The van der Waals surface area contributed by atoms with Gasteiger partial charge < -0.3 is 9.88 Å². The molecule has 0 unspecified atom stereocenters. The van der Waals surface area contributed by atoms with Gasteiger partial charge in [-0.05, 0) is 6.07 Å². The number of aryl methyl sites for hydroxylation is 1. The quantitative estimate of drug-likeness (QED) is 0.889. The van der Waals surface area contributed by atoms with Gasteiger partial charge in [-0.1, -0.05) is 6.07 Å². The van der Waals surface area contributed by atoms with Crippen LogP contribution >= 0.6 is 11.3 Å². The van der Waals surface area contributed by atoms with Gasteiger partial charge in [0.2, 0.25) is 5.91 Å². The zero-order valence-electron chi connectivity index (χ0n) is 9.00. The van der Waals surface area contributed by atoms with Crippen LogP contribution in [0.15, 0.2) is 40.8 Å². The van der Waals surface area contributed by atoms with E-state index < -0.39 is 0 Å². The molecule has 88 valence electrons. The minimum Gasteiger partial charge on any atom is -0.315 e. The van der Waals surface area contributed by atoms with Crippen molar-refractivity contribution in [1.29, 1.82) is 0 Å². The molecule has 0 saturated heterocycles. The van der Waals surface area contributed by atoms with Crippen LogP contribution in [-0.2, 0) is 11.3 Å². The van der Waals surface area contributed by atoms with Crippen LogP contribution in [0.2, 0.25) is 0 Å². The van der Waals surface area contributed by atoms with Gasteiger partial charge in [0, 0.05) is 36.8 Å². The molecule has 0 aliphatic heterocycles. The topological polar surface area (TPSA) is 64.0 Å². The number of anilines is 1. The lowest BCUT2D eigenvalue weighted by atomic mass is 10.4. The van der Waals surface area contributed by atoms with Gasteiger partial charge >= 0.3 is 0 Å². The molecule has 5 nitrogen and oxygen atoms in total. The number of nitrogens with zero attached hydrogens (tertiary/aromatic N) is 2. The summed E-state index contributed by atoms with van der Waals surface area (Å²) in [7, 11) is 0. The Kier molecular flexibility index (Phi) is 3.66. The first-order chi connectivity index (χ1) is 8.25. The molecule has 1 amide bonds. The zero-order chi connectivity index (χ0) is 12.1. The molecule has 0 aromatic carbocycles. The Labute approximate surface area is 102 Å². The van der Waals surface area contributed by atoms with E-state index in [2.05, 4.69) is 10.3 Å². The van der Waals surface area contributed by atoms with Crippen molar-refractivity contribution in [3.63, 3.8) is 0 Å². The van der Waals surface area contributed by atoms with Crippen LogP contribution in [0.3, 0.4) is 0 Å². The maximum absolute atomic E-state index is 11.5. The van der Waals surface area contributed by atoms with Gasteiger partial charge in [0.05, 0.1) is 0 Å². The van der Waals surface area contributed by atoms with Crippen LogP contribution in [-0.4, -0.2) is 15.5 Å². The number of thiazole rings is 1. The van der Waals surface area contributed by atoms with Gasteiger partial charge in [-0.15, -0.1) is 11.3 Å². The summed E-state index contributed by atoms with van der Waals surface area (Å²) in [6, 6.07) is 4.91. The lowest BCUT2D eigenvalue weighted by Crippen LogP contribution is -2.21. The third-order valence-electron chi connectivity index (χ3n) is 2.16. The van der Waals surface area contributed by atoms with Crippen molar-refractivity contribution < 1.29 is 4.79 Å². The van der Waals surface area contributed by atoms with Gasteiger partial charge in [-0.2, -0.15) is 0 Å². The predicted octanol–water partition coefficient (Wildman–Crippen LogP) is 1.33. The SMILES string of the molecule is O=C(CCn1ccccc1=O)Nc1nccs1. The predicted molar refractivity (Wildman–Crippen MR) is 66.1 cm³/mol. The molecule has 0 bridgehead atoms. The molecule has 1 N–H and O–H groups in total. The lowest BCUT2D eigenvalue weighted by Gasteiger charge is -2.04. The first kappa shape index (κ1) is 11.5. The molecule has 0 aliphatic carbocycles. The second kappa shape index (κ2) is 5.40. The highest BCUT2D eigenvalue weighted by Crippen LogP contribution is 2.10. The largest absolute Gasteiger partial charge is 0.315 e. The first-order valence-electron chi connectivity index (χ1n) is 5.10. The Bertz CT molecular complexity index is 548. The molecule has 2 heterocycles. The average molecular weight is 249 g/mol. The summed E-state index contributed by atoms with van der Waals surface area (Å²) in [4.78, 5) is 26.9. The highest BCUT2D eigenvalue weighted by Gasteiger charge is 2.04. The summed E-state index contributed by atoms with van der Waals surface area (Å²) in [5, 5.41) is 5.03. The third kappa shape index (κ3) is 3.25. The molecule has 2 rings (SSSR count). The second-order valence-electron chi connectivity index (χ2n) is 3.37. The number of hydrogen-bond donors (Lipinski definition) is 1. The average Bonchev–Trinajstić information content (AvgIpc) is 2.81. The summed E-state index contributed by atoms with van der Waals surface area (Å²) in [5.41, 5.74) is -0.102. The Morgan fingerprint density at radius 3 is 3.06 bits per heavy atom. The van der Waals surface area contributed by atoms with E-state index in [0.717, 1.165) is 0 Å². The molecule has 6 heteroatoms. The van der Waals surface area contributed by atoms with E-state index in [1.165, 1.54) is 22.0 Å². The molecule has 0 saturated carbocycles. The van der Waals surface area contributed by atoms with Crippen molar-refractivity contribution in [3.05, 3.63) is 46.3 Å². The van der Waals surface area contributed by atoms with Crippen LogP contribution in [0.4, 0.5) is 5.13 Å². The van der Waals surface area contributed by atoms with Crippen molar-refractivity contribution in [2.45, 2.75) is 13.0 Å². The number of nitrogens with one attached hydrogen (secondary N) is 1. The van der Waals surface area contributed by atoms with Gasteiger partial charge in [-0.25, -0.2) is 4.98 Å². The normalized spacial score (nSPS) is 10.1. The Morgan fingerprint density at radius 2 is 2.35 bits per heavy atom. The van der Waals surface area contributed by atoms with Gasteiger partial charge in [0.15, 0.2) is 5.13 Å². The van der Waals surface area contributed by atoms with Crippen LogP contribution < -0.4 is 10.9 Å². The standard InChI is InChI=1S/C11H11N3O2S/c15-9(13-11-12-5-8-17-11)4-7-14-6-2-1-3-10(14)16/h1-3,5-6,8H,4,7H2,(H,12,13,15). The van der Waals surface area contributed by atoms with Crippen molar-refractivity contribution in [2.24, 2.45) is 0 Å². The van der Waals surface area contributed by atoms with E-state index in [0.29, 0.717) is 11.7 Å². The Balaban J connectivity index is 1.89. The second-order valence-corrected chi connectivity index (χ2v) is 4.26. The Hall–Kier alpha value is -1.95. The molecular formula is C11H11N3O2S. The van der Waals surface area contributed by atoms with Crippen molar-refractivity contribution in [3.8, 4) is 0 Å². The molecule has 17 heavy (non-hydrogen) atoms. The van der Waals surface area contributed by atoms with Gasteiger partial charge in [0.1, 0.15) is 0 Å². The van der Waals surface area contributed by atoms with Gasteiger partial charge in [0.25, 0.3) is 5.56 Å². The lowest BCUT2D eigenvalue weighted by molar-refractivity contribution is -0.116. The van der Waals surface area contributed by atoms with E-state index in [-0.39, 0.29) is 17.9 Å². The van der Waals surface area contributed by atoms with Gasteiger partial charge in [-0.3, -0.25) is 9.59 Å². The fourth-order valence-corrected chi connectivity index (χ4v) is 1.88. The maximum atomic E-state index is 11.5. The number of carbonyl (C=O) groups excluding carboxylic acids is 1. The van der Waals surface area contributed by atoms with E-state index >= 15 is 0 Å². The number of amides is 1. The van der Waals surface area contributed by atoms with Crippen LogP contribution in [0.1, 0.15) is 6.42 Å². The van der Waals surface area contributed by atoms with E-state index in [4.69, 9.17) is 0 Å². The molecule has 0 fully saturated rings. The highest BCUT2D eigenvalue weighted by atomic mass is 32.1. The van der Waals surface area contributed by atoms with Crippen LogP contribution in [0.5, 0.6) is 0 Å². The maximum Gasteiger partial charge on any atom is 0.250 e. The molecule has 2 aromatic rings. The monoisotopic (exact) mass is 249 g/mol. The molecule has 2 aromatic heterocycles. The first-order valence-corrected chi connectivity index (χ1v) is 5.98. The van der Waals surface area contributed by atoms with E-state index in [1.54, 1.807) is 29.9 Å². The van der Waals surface area contributed by atoms with Crippen LogP contribution in [0.25, 0.3) is 0 Å². The molecule has 0 spiro atoms. The highest BCUT2D eigenvalue weighted by molar-refractivity contribution is 7.13. The summed E-state index contributed by atoms with van der Waals surface area (Å²) in [5.74, 6) is -0.143. The summed E-state index contributed by atoms with van der Waals surface area (Å²) in [6.07, 6.45) is 3.55. The smallest absolute Gasteiger partial charge is 0.250 e. The fourth-order valence-electron chi connectivity index (χ4n) is 1.33. The minimum absolute atomic E-state index is 0.102. The van der Waals surface area contributed by atoms with Crippen molar-refractivity contribution in [1.82, 2.24) is 9.55 Å². The number of hydrogen-bond acceptors (Lipinski definition) is 4. The number of pyridine rings is 1. The number of rotatable bonds is 4. The third-order valence-corrected chi connectivity index (χ3v) is 2.85. The zero-order valence-corrected chi connectivity index (χ0v) is 9.81. The van der Waals surface area contributed by atoms with E-state index in [1.807, 2.05) is 0 Å². The molecule has 0 aliphatic rings. The summed E-state index contributed by atoms with van der Waals surface area (Å²) < 4.78 is 1.50. The molecule has 0 radical (unpaired) electrons. The summed E-state index contributed by atoms with van der Waals surface area (Å²) in [6.45, 7) is 0.372. The summed E-state index contributed by atoms with van der Waals surface area (Å²) >= 11 is 1.36. The van der Waals surface area contributed by atoms with Crippen LogP contribution in [0, 0.1) is 0 Å². The van der Waals surface area contributed by atoms with E-state index in [9.17, 15) is 9.59 Å². The Morgan fingerprint density at radius 1 is 1.47 bits per heavy atom. The fraction of sp³-hybridized carbons (Fsp3) is 0.182. The van der Waals surface area contributed by atoms with Crippen molar-refractivity contribution >= 4 is 22.4 Å².